The average Bonchev–Trinajstić information content (AvgIpc) is 3.11. The van der Waals surface area contributed by atoms with Crippen molar-refractivity contribution in [3.8, 4) is 11.4 Å². The maximum Gasteiger partial charge on any atom is 0.246 e. The van der Waals surface area contributed by atoms with Gasteiger partial charge >= 0.3 is 0 Å². The van der Waals surface area contributed by atoms with Crippen molar-refractivity contribution in [2.45, 2.75) is 24.8 Å². The number of benzene rings is 2. The molecule has 0 saturated carbocycles. The van der Waals surface area contributed by atoms with Gasteiger partial charge in [0.2, 0.25) is 17.6 Å². The molecule has 1 heterocycles. The highest BCUT2D eigenvalue weighted by molar-refractivity contribution is 7.99. The van der Waals surface area contributed by atoms with Crippen LogP contribution in [0.2, 0.25) is 0 Å². The molecule has 1 amide bonds. The molecule has 0 aliphatic heterocycles. The number of hydrogen-bond acceptors (Lipinski definition) is 5. The van der Waals surface area contributed by atoms with Crippen LogP contribution >= 0.6 is 11.8 Å². The molecule has 3 aromatic rings. The Bertz CT molecular complexity index is 847. The van der Waals surface area contributed by atoms with Crippen LogP contribution in [0.3, 0.4) is 0 Å². The normalized spacial score (nSPS) is 10.7. The fourth-order valence-corrected chi connectivity index (χ4v) is 3.26. The van der Waals surface area contributed by atoms with Crippen LogP contribution in [0.4, 0.5) is 0 Å². The number of aromatic nitrogens is 2. The van der Waals surface area contributed by atoms with E-state index in [0.29, 0.717) is 24.7 Å². The van der Waals surface area contributed by atoms with E-state index in [1.807, 2.05) is 61.5 Å². The van der Waals surface area contributed by atoms with Crippen LogP contribution < -0.4 is 0 Å². The minimum absolute atomic E-state index is 0.0588. The Labute approximate surface area is 157 Å². The predicted molar refractivity (Wildman–Crippen MR) is 103 cm³/mol. The summed E-state index contributed by atoms with van der Waals surface area (Å²) >= 11 is 1.68. The van der Waals surface area contributed by atoms with Crippen molar-refractivity contribution in [3.05, 3.63) is 66.1 Å². The summed E-state index contributed by atoms with van der Waals surface area (Å²) in [5.74, 6) is 1.78. The lowest BCUT2D eigenvalue weighted by Crippen LogP contribution is -2.26. The van der Waals surface area contributed by atoms with Gasteiger partial charge in [-0.15, -0.1) is 11.8 Å². The molecule has 5 nitrogen and oxygen atoms in total. The number of amides is 1. The molecule has 2 aromatic carbocycles. The van der Waals surface area contributed by atoms with Gasteiger partial charge in [-0.1, -0.05) is 53.2 Å². The van der Waals surface area contributed by atoms with E-state index in [1.54, 1.807) is 23.7 Å². The maximum absolute atomic E-state index is 12.3. The zero-order chi connectivity index (χ0) is 18.4. The molecule has 0 saturated heterocycles. The first kappa shape index (κ1) is 18.2. The molecule has 3 rings (SSSR count). The highest BCUT2D eigenvalue weighted by Crippen LogP contribution is 2.19. The van der Waals surface area contributed by atoms with Gasteiger partial charge in [-0.25, -0.2) is 0 Å². The van der Waals surface area contributed by atoms with Crippen LogP contribution in [-0.2, 0) is 11.3 Å². The highest BCUT2D eigenvalue weighted by atomic mass is 32.2. The second-order valence-corrected chi connectivity index (χ2v) is 7.21. The number of aryl methyl sites for hydroxylation is 1. The summed E-state index contributed by atoms with van der Waals surface area (Å²) in [6.07, 6.45) is 0.467. The molecule has 0 spiro atoms. The Kier molecular flexibility index (Phi) is 6.07. The van der Waals surface area contributed by atoms with Gasteiger partial charge in [0, 0.05) is 29.7 Å². The number of hydrogen-bond donors (Lipinski definition) is 0. The maximum atomic E-state index is 12.3. The Morgan fingerprint density at radius 3 is 2.58 bits per heavy atom. The van der Waals surface area contributed by atoms with E-state index in [4.69, 9.17) is 4.52 Å². The zero-order valence-corrected chi connectivity index (χ0v) is 15.7. The second-order valence-electron chi connectivity index (χ2n) is 6.04. The Morgan fingerprint density at radius 1 is 1.12 bits per heavy atom. The molecule has 0 aliphatic carbocycles. The lowest BCUT2D eigenvalue weighted by molar-refractivity contribution is -0.130. The minimum atomic E-state index is 0.0588. The monoisotopic (exact) mass is 367 g/mol. The lowest BCUT2D eigenvalue weighted by atomic mass is 10.1. The van der Waals surface area contributed by atoms with E-state index in [9.17, 15) is 4.79 Å². The van der Waals surface area contributed by atoms with Crippen LogP contribution in [0.1, 0.15) is 17.9 Å². The molecule has 0 fully saturated rings. The van der Waals surface area contributed by atoms with E-state index < -0.39 is 0 Å². The molecule has 26 heavy (non-hydrogen) atoms. The number of rotatable bonds is 7. The summed E-state index contributed by atoms with van der Waals surface area (Å²) in [5, 5.41) is 4.00. The molecule has 1 aromatic heterocycles. The largest absolute Gasteiger partial charge is 0.337 e. The van der Waals surface area contributed by atoms with Crippen molar-refractivity contribution in [1.82, 2.24) is 15.0 Å². The summed E-state index contributed by atoms with van der Waals surface area (Å²) in [5.41, 5.74) is 2.08. The summed E-state index contributed by atoms with van der Waals surface area (Å²) in [4.78, 5) is 19.5. The first-order chi connectivity index (χ1) is 12.6. The lowest BCUT2D eigenvalue weighted by Gasteiger charge is -2.14. The third-order valence-electron chi connectivity index (χ3n) is 3.90. The molecule has 0 radical (unpaired) electrons. The summed E-state index contributed by atoms with van der Waals surface area (Å²) in [6.45, 7) is 2.34. The van der Waals surface area contributed by atoms with E-state index in [-0.39, 0.29) is 5.91 Å². The van der Waals surface area contributed by atoms with Crippen LogP contribution in [0, 0.1) is 6.92 Å². The van der Waals surface area contributed by atoms with Gasteiger partial charge in [0.1, 0.15) is 0 Å². The molecule has 0 atom stereocenters. The van der Waals surface area contributed by atoms with E-state index in [1.165, 1.54) is 10.5 Å². The van der Waals surface area contributed by atoms with Gasteiger partial charge in [-0.2, -0.15) is 4.98 Å². The van der Waals surface area contributed by atoms with Crippen molar-refractivity contribution < 1.29 is 9.32 Å². The van der Waals surface area contributed by atoms with E-state index >= 15 is 0 Å². The van der Waals surface area contributed by atoms with Gasteiger partial charge in [0.15, 0.2) is 0 Å². The first-order valence-corrected chi connectivity index (χ1v) is 9.42. The number of nitrogens with zero attached hydrogens (tertiary/aromatic N) is 3. The van der Waals surface area contributed by atoms with Gasteiger partial charge < -0.3 is 9.42 Å². The Balaban J connectivity index is 1.50. The van der Waals surface area contributed by atoms with Gasteiger partial charge in [0.25, 0.3) is 0 Å². The van der Waals surface area contributed by atoms with Crippen molar-refractivity contribution in [2.75, 3.05) is 12.8 Å². The smallest absolute Gasteiger partial charge is 0.246 e. The molecule has 0 aliphatic rings. The van der Waals surface area contributed by atoms with Crippen molar-refractivity contribution >= 4 is 17.7 Å². The predicted octanol–water partition coefficient (Wildman–Crippen LogP) is 4.19. The van der Waals surface area contributed by atoms with Crippen LogP contribution in [0.5, 0.6) is 0 Å². The fourth-order valence-electron chi connectivity index (χ4n) is 2.39. The Morgan fingerprint density at radius 2 is 1.85 bits per heavy atom. The fraction of sp³-hybridized carbons (Fsp3) is 0.250. The first-order valence-electron chi connectivity index (χ1n) is 8.43. The SMILES string of the molecule is Cc1ccc(-c2noc(CN(C)C(=O)CCSc3ccccc3)n2)cc1. The highest BCUT2D eigenvalue weighted by Gasteiger charge is 2.14. The van der Waals surface area contributed by atoms with Gasteiger partial charge in [-0.05, 0) is 19.1 Å². The zero-order valence-electron chi connectivity index (χ0n) is 14.9. The van der Waals surface area contributed by atoms with Gasteiger partial charge in [-0.3, -0.25) is 4.79 Å². The molecular weight excluding hydrogens is 346 g/mol. The van der Waals surface area contributed by atoms with Crippen molar-refractivity contribution in [3.63, 3.8) is 0 Å². The summed E-state index contributed by atoms with van der Waals surface area (Å²) in [6, 6.07) is 18.0. The second kappa shape index (κ2) is 8.67. The summed E-state index contributed by atoms with van der Waals surface area (Å²) in [7, 11) is 1.76. The number of carbonyl (C=O) groups excluding carboxylic acids is 1. The molecule has 6 heteroatoms. The number of carbonyl (C=O) groups is 1. The topological polar surface area (TPSA) is 59.2 Å². The molecule has 0 N–H and O–H groups in total. The van der Waals surface area contributed by atoms with Crippen molar-refractivity contribution in [2.24, 2.45) is 0 Å². The van der Waals surface area contributed by atoms with Crippen molar-refractivity contribution in [1.29, 1.82) is 0 Å². The van der Waals surface area contributed by atoms with Gasteiger partial charge in [0.05, 0.1) is 6.54 Å². The molecule has 0 unspecified atom stereocenters. The molecule has 134 valence electrons. The van der Waals surface area contributed by atoms with Crippen LogP contribution in [-0.4, -0.2) is 33.7 Å². The third-order valence-corrected chi connectivity index (χ3v) is 4.92. The Hall–Kier alpha value is -2.60. The van der Waals surface area contributed by atoms with E-state index in [2.05, 4.69) is 10.1 Å². The standard InChI is InChI=1S/C20H21N3O2S/c1-15-8-10-16(11-9-15)20-21-18(25-22-20)14-23(2)19(24)12-13-26-17-6-4-3-5-7-17/h3-11H,12-14H2,1-2H3. The van der Waals surface area contributed by atoms with E-state index in [0.717, 1.165) is 11.3 Å². The minimum Gasteiger partial charge on any atom is -0.337 e. The molecule has 0 bridgehead atoms. The summed E-state index contributed by atoms with van der Waals surface area (Å²) < 4.78 is 5.28. The average molecular weight is 367 g/mol. The quantitative estimate of drug-likeness (QED) is 0.586. The molecular formula is C20H21N3O2S. The van der Waals surface area contributed by atoms with Crippen LogP contribution in [0.25, 0.3) is 11.4 Å². The third kappa shape index (κ3) is 4.95. The number of thioether (sulfide) groups is 1. The van der Waals surface area contributed by atoms with Crippen LogP contribution in [0.15, 0.2) is 64.0 Å².